The molecular formula is C25H20ClN3O2S. The minimum atomic E-state index is -0.464. The van der Waals surface area contributed by atoms with Crippen LogP contribution in [0.5, 0.6) is 0 Å². The molecular weight excluding hydrogens is 442 g/mol. The molecule has 0 aliphatic heterocycles. The molecule has 0 spiro atoms. The van der Waals surface area contributed by atoms with Crippen molar-refractivity contribution >= 4 is 57.4 Å². The number of halogens is 1. The smallest absolute Gasteiger partial charge is 0.272 e. The molecule has 0 heterocycles. The van der Waals surface area contributed by atoms with Crippen molar-refractivity contribution in [3.63, 3.8) is 0 Å². The monoisotopic (exact) mass is 461 g/mol. The normalized spacial score (nSPS) is 10.5. The molecule has 0 aliphatic carbocycles. The van der Waals surface area contributed by atoms with Gasteiger partial charge in [-0.3, -0.25) is 15.1 Å². The molecule has 2 N–H and O–H groups in total. The van der Waals surface area contributed by atoms with E-state index in [0.29, 0.717) is 16.4 Å². The Morgan fingerprint density at radius 3 is 1.97 bits per heavy atom. The van der Waals surface area contributed by atoms with Crippen molar-refractivity contribution in [3.05, 3.63) is 102 Å². The number of hydrazine groups is 1. The molecule has 0 saturated carbocycles. The van der Waals surface area contributed by atoms with Gasteiger partial charge in [0, 0.05) is 15.3 Å². The Balaban J connectivity index is 1.42. The van der Waals surface area contributed by atoms with Crippen LogP contribution in [-0.2, 0) is 4.79 Å². The fourth-order valence-electron chi connectivity index (χ4n) is 3.28. The lowest BCUT2D eigenvalue weighted by molar-refractivity contribution is -0.119. The predicted molar refractivity (Wildman–Crippen MR) is 131 cm³/mol. The standard InChI is InChI=1S/C25H20ClN3O2S/c26-21-15-7-9-18-10-8-16-22(24(18)21)32-17-23(30)27-28-25(31)29(19-11-3-1-4-12-19)20-13-5-2-6-14-20/h1-16H,17H2,(H,27,30)(H,28,31). The van der Waals surface area contributed by atoms with Gasteiger partial charge in [-0.2, -0.15) is 0 Å². The first-order chi connectivity index (χ1) is 15.6. The van der Waals surface area contributed by atoms with Crippen molar-refractivity contribution in [3.8, 4) is 0 Å². The number of hydrogen-bond acceptors (Lipinski definition) is 3. The number of nitrogens with one attached hydrogen (secondary N) is 2. The number of carbonyl (C=O) groups is 2. The van der Waals surface area contributed by atoms with Crippen LogP contribution in [0.25, 0.3) is 10.8 Å². The molecule has 0 bridgehead atoms. The maximum atomic E-state index is 12.9. The van der Waals surface area contributed by atoms with Crippen LogP contribution in [0, 0.1) is 0 Å². The van der Waals surface area contributed by atoms with Gasteiger partial charge >= 0.3 is 6.03 Å². The highest BCUT2D eigenvalue weighted by Crippen LogP contribution is 2.33. The molecule has 3 amide bonds. The van der Waals surface area contributed by atoms with Gasteiger partial charge in [-0.05, 0) is 41.8 Å². The molecule has 4 rings (SSSR count). The highest BCUT2D eigenvalue weighted by atomic mass is 35.5. The van der Waals surface area contributed by atoms with Crippen LogP contribution in [0.1, 0.15) is 0 Å². The van der Waals surface area contributed by atoms with E-state index in [1.54, 1.807) is 0 Å². The summed E-state index contributed by atoms with van der Waals surface area (Å²) in [4.78, 5) is 27.8. The Labute approximate surface area is 195 Å². The van der Waals surface area contributed by atoms with E-state index in [2.05, 4.69) is 10.9 Å². The lowest BCUT2D eigenvalue weighted by Gasteiger charge is -2.23. The van der Waals surface area contributed by atoms with Crippen LogP contribution >= 0.6 is 23.4 Å². The lowest BCUT2D eigenvalue weighted by Crippen LogP contribution is -2.48. The van der Waals surface area contributed by atoms with E-state index in [1.165, 1.54) is 16.7 Å². The molecule has 0 saturated heterocycles. The lowest BCUT2D eigenvalue weighted by atomic mass is 10.1. The van der Waals surface area contributed by atoms with E-state index in [-0.39, 0.29) is 11.7 Å². The summed E-state index contributed by atoms with van der Waals surface area (Å²) in [7, 11) is 0. The Hall–Kier alpha value is -3.48. The number of carbonyl (C=O) groups excluding carboxylic acids is 2. The van der Waals surface area contributed by atoms with Gasteiger partial charge in [-0.1, -0.05) is 72.3 Å². The molecule has 160 valence electrons. The van der Waals surface area contributed by atoms with Crippen molar-refractivity contribution in [1.29, 1.82) is 0 Å². The first-order valence-corrected chi connectivity index (χ1v) is 11.3. The van der Waals surface area contributed by atoms with Gasteiger partial charge in [0.05, 0.1) is 17.1 Å². The van der Waals surface area contributed by atoms with Crippen molar-refractivity contribution in [2.75, 3.05) is 10.7 Å². The quantitative estimate of drug-likeness (QED) is 0.276. The number of amides is 3. The Morgan fingerprint density at radius 2 is 1.34 bits per heavy atom. The molecule has 5 nitrogen and oxygen atoms in total. The molecule has 0 aromatic heterocycles. The topological polar surface area (TPSA) is 61.4 Å². The highest BCUT2D eigenvalue weighted by molar-refractivity contribution is 8.00. The molecule has 0 atom stereocenters. The number of rotatable bonds is 5. The van der Waals surface area contributed by atoms with Gasteiger partial charge in [0.2, 0.25) is 5.91 Å². The molecule has 4 aromatic carbocycles. The van der Waals surface area contributed by atoms with E-state index in [1.807, 2.05) is 97.1 Å². The van der Waals surface area contributed by atoms with E-state index in [4.69, 9.17) is 11.6 Å². The zero-order valence-electron chi connectivity index (χ0n) is 17.0. The third kappa shape index (κ3) is 5.04. The summed E-state index contributed by atoms with van der Waals surface area (Å²) < 4.78 is 0. The van der Waals surface area contributed by atoms with Crippen molar-refractivity contribution in [2.24, 2.45) is 0 Å². The van der Waals surface area contributed by atoms with E-state index in [9.17, 15) is 9.59 Å². The van der Waals surface area contributed by atoms with Gasteiger partial charge in [0.1, 0.15) is 0 Å². The second kappa shape index (κ2) is 10.2. The summed E-state index contributed by atoms with van der Waals surface area (Å²) in [5.74, 6) is -0.199. The van der Waals surface area contributed by atoms with Crippen LogP contribution in [0.3, 0.4) is 0 Å². The van der Waals surface area contributed by atoms with Gasteiger partial charge in [0.15, 0.2) is 0 Å². The minimum Gasteiger partial charge on any atom is -0.272 e. The summed E-state index contributed by atoms with van der Waals surface area (Å²) in [5, 5.41) is 2.57. The van der Waals surface area contributed by atoms with Gasteiger partial charge in [-0.25, -0.2) is 10.2 Å². The zero-order chi connectivity index (χ0) is 22.3. The Kier molecular flexibility index (Phi) is 6.94. The van der Waals surface area contributed by atoms with Crippen LogP contribution in [-0.4, -0.2) is 17.7 Å². The molecule has 0 aliphatic rings. The van der Waals surface area contributed by atoms with E-state index in [0.717, 1.165) is 15.7 Å². The minimum absolute atomic E-state index is 0.126. The molecule has 4 aromatic rings. The SMILES string of the molecule is O=C(CSc1cccc2cccc(Cl)c12)NNC(=O)N(c1ccccc1)c1ccccc1. The molecule has 0 radical (unpaired) electrons. The van der Waals surface area contributed by atoms with Gasteiger partial charge in [-0.15, -0.1) is 11.8 Å². The Bertz CT molecular complexity index is 1190. The second-order valence-electron chi connectivity index (χ2n) is 6.87. The first kappa shape index (κ1) is 21.7. The number of thioether (sulfide) groups is 1. The highest BCUT2D eigenvalue weighted by Gasteiger charge is 2.18. The summed E-state index contributed by atoms with van der Waals surface area (Å²) in [6.07, 6.45) is 0. The largest absolute Gasteiger partial charge is 0.345 e. The fourth-order valence-corrected chi connectivity index (χ4v) is 4.52. The Morgan fingerprint density at radius 1 is 0.750 bits per heavy atom. The van der Waals surface area contributed by atoms with E-state index >= 15 is 0 Å². The second-order valence-corrected chi connectivity index (χ2v) is 8.29. The number of benzene rings is 4. The molecule has 0 unspecified atom stereocenters. The average Bonchev–Trinajstić information content (AvgIpc) is 2.83. The van der Waals surface area contributed by atoms with Crippen LogP contribution in [0.2, 0.25) is 5.02 Å². The maximum Gasteiger partial charge on any atom is 0.345 e. The number of nitrogens with zero attached hydrogens (tertiary/aromatic N) is 1. The van der Waals surface area contributed by atoms with Gasteiger partial charge < -0.3 is 0 Å². The van der Waals surface area contributed by atoms with E-state index < -0.39 is 6.03 Å². The van der Waals surface area contributed by atoms with Crippen molar-refractivity contribution in [2.45, 2.75) is 4.90 Å². The van der Waals surface area contributed by atoms with Crippen LogP contribution < -0.4 is 15.8 Å². The summed E-state index contributed by atoms with van der Waals surface area (Å²) in [6.45, 7) is 0. The number of anilines is 2. The number of para-hydroxylation sites is 2. The van der Waals surface area contributed by atoms with Crippen LogP contribution in [0.15, 0.2) is 102 Å². The van der Waals surface area contributed by atoms with Crippen molar-refractivity contribution < 1.29 is 9.59 Å². The number of fused-ring (bicyclic) bond motifs is 1. The first-order valence-electron chi connectivity index (χ1n) is 9.92. The molecule has 0 fully saturated rings. The summed E-state index contributed by atoms with van der Waals surface area (Å²) >= 11 is 7.72. The predicted octanol–water partition coefficient (Wildman–Crippen LogP) is 6.16. The number of hydrogen-bond donors (Lipinski definition) is 2. The summed E-state index contributed by atoms with van der Waals surface area (Å²) in [6, 6.07) is 29.5. The van der Waals surface area contributed by atoms with Gasteiger partial charge in [0.25, 0.3) is 0 Å². The maximum absolute atomic E-state index is 12.9. The third-order valence-electron chi connectivity index (χ3n) is 4.72. The average molecular weight is 462 g/mol. The number of urea groups is 1. The molecule has 7 heteroatoms. The van der Waals surface area contributed by atoms with Crippen molar-refractivity contribution in [1.82, 2.24) is 10.9 Å². The van der Waals surface area contributed by atoms with Crippen LogP contribution in [0.4, 0.5) is 16.2 Å². The third-order valence-corrected chi connectivity index (χ3v) is 6.09. The molecule has 32 heavy (non-hydrogen) atoms. The zero-order valence-corrected chi connectivity index (χ0v) is 18.6. The fraction of sp³-hybridized carbons (Fsp3) is 0.0400. The summed E-state index contributed by atoms with van der Waals surface area (Å²) in [5.41, 5.74) is 6.38.